The number of amides is 3. The number of urea groups is 1. The fourth-order valence-electron chi connectivity index (χ4n) is 2.83. The molecule has 0 radical (unpaired) electrons. The van der Waals surface area contributed by atoms with Crippen molar-refractivity contribution in [2.75, 3.05) is 10.6 Å². The first kappa shape index (κ1) is 16.1. The normalized spacial score (nSPS) is 17.5. The fourth-order valence-corrected chi connectivity index (χ4v) is 2.83. The number of nitrogens with two attached hydrogens (primary N) is 1. The molecule has 1 heterocycles. The van der Waals surface area contributed by atoms with Crippen molar-refractivity contribution in [3.05, 3.63) is 59.7 Å². The summed E-state index contributed by atoms with van der Waals surface area (Å²) < 4.78 is 0. The first-order chi connectivity index (χ1) is 11.5. The highest BCUT2D eigenvalue weighted by Gasteiger charge is 2.40. The van der Waals surface area contributed by atoms with Crippen LogP contribution in [0.15, 0.2) is 48.5 Å². The van der Waals surface area contributed by atoms with E-state index in [0.717, 1.165) is 23.2 Å². The third-order valence-corrected chi connectivity index (χ3v) is 4.22. The lowest BCUT2D eigenvalue weighted by Gasteiger charge is -2.15. The smallest absolute Gasteiger partial charge is 0.329 e. The molecular weight excluding hydrogens is 302 g/mol. The molecule has 24 heavy (non-hydrogen) atoms. The Hall–Kier alpha value is -2.82. The Balaban J connectivity index is 1.76. The standard InChI is InChI=1S/C19H21N3O2/c1-12(2)17-18(23)22(19(24)21-17)16-9-5-14(6-10-16)11-13-3-7-15(20)8-4-13/h3-10,12,17H,11,20H2,1-2H3,(H,21,24). The molecule has 124 valence electrons. The number of nitrogens with one attached hydrogen (secondary N) is 1. The highest BCUT2D eigenvalue weighted by molar-refractivity contribution is 6.21. The van der Waals surface area contributed by atoms with Crippen molar-refractivity contribution in [3.63, 3.8) is 0 Å². The van der Waals surface area contributed by atoms with Crippen LogP contribution < -0.4 is 16.0 Å². The lowest BCUT2D eigenvalue weighted by atomic mass is 10.0. The van der Waals surface area contributed by atoms with Crippen LogP contribution in [0, 0.1) is 5.92 Å². The van der Waals surface area contributed by atoms with Gasteiger partial charge in [0.2, 0.25) is 0 Å². The van der Waals surface area contributed by atoms with Crippen LogP contribution >= 0.6 is 0 Å². The quantitative estimate of drug-likeness (QED) is 0.671. The van der Waals surface area contributed by atoms with Gasteiger partial charge in [-0.2, -0.15) is 0 Å². The summed E-state index contributed by atoms with van der Waals surface area (Å²) in [5.41, 5.74) is 9.30. The van der Waals surface area contributed by atoms with Gasteiger partial charge in [-0.25, -0.2) is 9.69 Å². The number of carbonyl (C=O) groups excluding carboxylic acids is 2. The van der Waals surface area contributed by atoms with Gasteiger partial charge in [-0.05, 0) is 47.7 Å². The van der Waals surface area contributed by atoms with E-state index in [9.17, 15) is 9.59 Å². The second kappa shape index (κ2) is 6.35. The largest absolute Gasteiger partial charge is 0.399 e. The van der Waals surface area contributed by atoms with Crippen LogP contribution in [0.2, 0.25) is 0 Å². The Labute approximate surface area is 141 Å². The number of imide groups is 1. The summed E-state index contributed by atoms with van der Waals surface area (Å²) in [5, 5.41) is 2.74. The summed E-state index contributed by atoms with van der Waals surface area (Å²) in [6, 6.07) is 14.4. The van der Waals surface area contributed by atoms with Crippen molar-refractivity contribution in [2.45, 2.75) is 26.3 Å². The minimum absolute atomic E-state index is 0.0660. The summed E-state index contributed by atoms with van der Waals surface area (Å²) in [6.45, 7) is 3.84. The molecule has 1 atom stereocenters. The molecule has 3 rings (SSSR count). The molecule has 0 bridgehead atoms. The molecule has 2 aromatic carbocycles. The highest BCUT2D eigenvalue weighted by Crippen LogP contribution is 2.23. The van der Waals surface area contributed by atoms with Gasteiger partial charge in [0.25, 0.3) is 5.91 Å². The molecule has 1 saturated heterocycles. The fraction of sp³-hybridized carbons (Fsp3) is 0.263. The zero-order valence-corrected chi connectivity index (χ0v) is 13.8. The maximum absolute atomic E-state index is 12.4. The molecule has 0 aliphatic carbocycles. The van der Waals surface area contributed by atoms with Gasteiger partial charge in [0.05, 0.1) is 5.69 Å². The van der Waals surface area contributed by atoms with Gasteiger partial charge in [0.15, 0.2) is 0 Å². The summed E-state index contributed by atoms with van der Waals surface area (Å²) in [7, 11) is 0. The van der Waals surface area contributed by atoms with Crippen LogP contribution in [-0.2, 0) is 11.2 Å². The number of nitrogens with zero attached hydrogens (tertiary/aromatic N) is 1. The third-order valence-electron chi connectivity index (χ3n) is 4.22. The molecule has 2 aromatic rings. The molecule has 3 N–H and O–H groups in total. The van der Waals surface area contributed by atoms with Crippen LogP contribution in [0.25, 0.3) is 0 Å². The average Bonchev–Trinajstić information content (AvgIpc) is 2.86. The van der Waals surface area contributed by atoms with Gasteiger partial charge >= 0.3 is 6.03 Å². The average molecular weight is 323 g/mol. The number of carbonyl (C=O) groups is 2. The summed E-state index contributed by atoms with van der Waals surface area (Å²) in [6.07, 6.45) is 0.773. The van der Waals surface area contributed by atoms with Crippen LogP contribution in [0.3, 0.4) is 0 Å². The van der Waals surface area contributed by atoms with Crippen LogP contribution in [0.4, 0.5) is 16.2 Å². The van der Waals surface area contributed by atoms with Crippen molar-refractivity contribution in [1.82, 2.24) is 5.32 Å². The molecule has 1 unspecified atom stereocenters. The van der Waals surface area contributed by atoms with Crippen LogP contribution in [0.5, 0.6) is 0 Å². The number of hydrogen-bond acceptors (Lipinski definition) is 3. The first-order valence-corrected chi connectivity index (χ1v) is 8.03. The maximum Gasteiger partial charge on any atom is 0.329 e. The van der Waals surface area contributed by atoms with Crippen molar-refractivity contribution in [2.24, 2.45) is 5.92 Å². The van der Waals surface area contributed by atoms with E-state index in [2.05, 4.69) is 5.32 Å². The monoisotopic (exact) mass is 323 g/mol. The minimum Gasteiger partial charge on any atom is -0.399 e. The van der Waals surface area contributed by atoms with Crippen molar-refractivity contribution in [3.8, 4) is 0 Å². The highest BCUT2D eigenvalue weighted by atomic mass is 16.2. The van der Waals surface area contributed by atoms with E-state index < -0.39 is 6.04 Å². The van der Waals surface area contributed by atoms with E-state index in [1.807, 2.05) is 62.4 Å². The lowest BCUT2D eigenvalue weighted by molar-refractivity contribution is -0.119. The number of rotatable bonds is 4. The maximum atomic E-state index is 12.4. The van der Waals surface area contributed by atoms with E-state index in [1.54, 1.807) is 0 Å². The van der Waals surface area contributed by atoms with Crippen LogP contribution in [0.1, 0.15) is 25.0 Å². The second-order valence-electron chi connectivity index (χ2n) is 6.43. The zero-order chi connectivity index (χ0) is 17.3. The summed E-state index contributed by atoms with van der Waals surface area (Å²) >= 11 is 0. The molecule has 1 aliphatic heterocycles. The van der Waals surface area contributed by atoms with Crippen molar-refractivity contribution < 1.29 is 9.59 Å². The molecule has 0 saturated carbocycles. The van der Waals surface area contributed by atoms with E-state index in [1.165, 1.54) is 4.90 Å². The van der Waals surface area contributed by atoms with Gasteiger partial charge in [0, 0.05) is 5.69 Å². The first-order valence-electron chi connectivity index (χ1n) is 8.03. The zero-order valence-electron chi connectivity index (χ0n) is 13.8. The number of anilines is 2. The van der Waals surface area contributed by atoms with Gasteiger partial charge in [-0.3, -0.25) is 4.79 Å². The summed E-state index contributed by atoms with van der Waals surface area (Å²) in [5.74, 6) is -0.127. The predicted molar refractivity (Wildman–Crippen MR) is 94.7 cm³/mol. The van der Waals surface area contributed by atoms with E-state index >= 15 is 0 Å². The third kappa shape index (κ3) is 3.11. The van der Waals surface area contributed by atoms with E-state index in [0.29, 0.717) is 5.69 Å². The Kier molecular flexibility index (Phi) is 4.25. The molecule has 0 aromatic heterocycles. The second-order valence-corrected chi connectivity index (χ2v) is 6.43. The number of hydrogen-bond donors (Lipinski definition) is 2. The van der Waals surface area contributed by atoms with Crippen molar-refractivity contribution >= 4 is 23.3 Å². The molecule has 1 aliphatic rings. The molecular formula is C19H21N3O2. The predicted octanol–water partition coefficient (Wildman–Crippen LogP) is 2.94. The summed E-state index contributed by atoms with van der Waals surface area (Å²) in [4.78, 5) is 25.7. The SMILES string of the molecule is CC(C)C1NC(=O)N(c2ccc(Cc3ccc(N)cc3)cc2)C1=O. The topological polar surface area (TPSA) is 75.4 Å². The van der Waals surface area contributed by atoms with Gasteiger partial charge < -0.3 is 11.1 Å². The molecule has 0 spiro atoms. The van der Waals surface area contributed by atoms with E-state index in [4.69, 9.17) is 5.73 Å². The molecule has 5 nitrogen and oxygen atoms in total. The Morgan fingerprint density at radius 2 is 1.54 bits per heavy atom. The lowest BCUT2D eigenvalue weighted by Crippen LogP contribution is -2.34. The van der Waals surface area contributed by atoms with E-state index in [-0.39, 0.29) is 17.9 Å². The minimum atomic E-state index is -0.452. The Morgan fingerprint density at radius 3 is 2.04 bits per heavy atom. The Bertz CT molecular complexity index is 751. The van der Waals surface area contributed by atoms with Crippen LogP contribution in [-0.4, -0.2) is 18.0 Å². The van der Waals surface area contributed by atoms with Crippen molar-refractivity contribution in [1.29, 1.82) is 0 Å². The molecule has 5 heteroatoms. The van der Waals surface area contributed by atoms with Gasteiger partial charge in [-0.1, -0.05) is 38.1 Å². The van der Waals surface area contributed by atoms with Gasteiger partial charge in [0.1, 0.15) is 6.04 Å². The number of nitrogen functional groups attached to an aromatic ring is 1. The van der Waals surface area contributed by atoms with Gasteiger partial charge in [-0.15, -0.1) is 0 Å². The molecule has 3 amide bonds. The number of benzene rings is 2. The Morgan fingerprint density at radius 1 is 1.00 bits per heavy atom. The molecule has 1 fully saturated rings.